The maximum Gasteiger partial charge on any atom is 0.326 e. The Balaban J connectivity index is 5.66. The lowest BCUT2D eigenvalue weighted by molar-refractivity contribution is -0.144. The van der Waals surface area contributed by atoms with Crippen molar-refractivity contribution in [3.63, 3.8) is 0 Å². The number of rotatable bonds is 16. The summed E-state index contributed by atoms with van der Waals surface area (Å²) in [5.41, 5.74) is 11.0. The fourth-order valence-electron chi connectivity index (χ4n) is 2.91. The van der Waals surface area contributed by atoms with Crippen molar-refractivity contribution in [2.75, 3.05) is 0 Å². The van der Waals surface area contributed by atoms with Crippen molar-refractivity contribution < 1.29 is 39.0 Å². The van der Waals surface area contributed by atoms with Gasteiger partial charge in [-0.2, -0.15) is 0 Å². The molecule has 0 aromatic heterocycles. The highest BCUT2D eigenvalue weighted by Gasteiger charge is 2.32. The summed E-state index contributed by atoms with van der Waals surface area (Å²) in [6.45, 7) is 6.73. The molecule has 0 aromatic carbocycles. The Morgan fingerprint density at radius 1 is 0.794 bits per heavy atom. The number of amides is 4. The topological polar surface area (TPSA) is 231 Å². The quantitative estimate of drug-likeness (QED) is 0.137. The smallest absolute Gasteiger partial charge is 0.326 e. The molecule has 0 spiro atoms. The number of hydrogen-bond acceptors (Lipinski definition) is 7. The lowest BCUT2D eigenvalue weighted by Gasteiger charge is -2.26. The molecule has 0 aliphatic rings. The highest BCUT2D eigenvalue weighted by atomic mass is 16.4. The van der Waals surface area contributed by atoms with E-state index in [1.165, 1.54) is 0 Å². The number of aliphatic carboxylic acids is 2. The minimum Gasteiger partial charge on any atom is -0.481 e. The van der Waals surface area contributed by atoms with Gasteiger partial charge >= 0.3 is 11.9 Å². The molecule has 34 heavy (non-hydrogen) atoms. The van der Waals surface area contributed by atoms with Gasteiger partial charge in [-0.1, -0.05) is 34.1 Å². The molecule has 0 heterocycles. The second-order valence-corrected chi connectivity index (χ2v) is 8.54. The molecule has 194 valence electrons. The van der Waals surface area contributed by atoms with Crippen molar-refractivity contribution in [3.8, 4) is 0 Å². The molecule has 0 saturated carbocycles. The zero-order chi connectivity index (χ0) is 26.6. The van der Waals surface area contributed by atoms with Gasteiger partial charge in [0.05, 0.1) is 6.04 Å². The van der Waals surface area contributed by atoms with E-state index in [0.717, 1.165) is 0 Å². The van der Waals surface area contributed by atoms with Crippen molar-refractivity contribution in [2.45, 2.75) is 84.0 Å². The predicted molar refractivity (Wildman–Crippen MR) is 121 cm³/mol. The van der Waals surface area contributed by atoms with E-state index in [1.807, 2.05) is 6.92 Å². The minimum absolute atomic E-state index is 0.183. The molecule has 0 rings (SSSR count). The summed E-state index contributed by atoms with van der Waals surface area (Å²) >= 11 is 0. The first-order chi connectivity index (χ1) is 15.7. The van der Waals surface area contributed by atoms with Crippen LogP contribution in [-0.4, -0.2) is 69.9 Å². The lowest BCUT2D eigenvalue weighted by Crippen LogP contribution is -2.58. The molecule has 0 aromatic rings. The zero-order valence-corrected chi connectivity index (χ0v) is 20.0. The normalized spacial score (nSPS) is 15.4. The van der Waals surface area contributed by atoms with Crippen LogP contribution in [0.15, 0.2) is 0 Å². The number of carboxylic acids is 2. The second-order valence-electron chi connectivity index (χ2n) is 8.54. The van der Waals surface area contributed by atoms with Gasteiger partial charge in [0.15, 0.2) is 0 Å². The molecular formula is C21H37N5O8. The molecule has 0 fully saturated rings. The highest BCUT2D eigenvalue weighted by Crippen LogP contribution is 2.09. The van der Waals surface area contributed by atoms with Crippen molar-refractivity contribution in [3.05, 3.63) is 0 Å². The van der Waals surface area contributed by atoms with Crippen LogP contribution >= 0.6 is 0 Å². The molecule has 0 radical (unpaired) electrons. The Morgan fingerprint density at radius 3 is 1.68 bits per heavy atom. The number of nitrogens with one attached hydrogen (secondary N) is 3. The van der Waals surface area contributed by atoms with Crippen LogP contribution in [-0.2, 0) is 28.8 Å². The van der Waals surface area contributed by atoms with E-state index in [1.54, 1.807) is 20.8 Å². The molecule has 4 amide bonds. The summed E-state index contributed by atoms with van der Waals surface area (Å²) in [6, 6.07) is -4.88. The van der Waals surface area contributed by atoms with Gasteiger partial charge in [0.25, 0.3) is 0 Å². The Hall–Kier alpha value is -3.22. The number of nitrogens with two attached hydrogens (primary N) is 2. The summed E-state index contributed by atoms with van der Waals surface area (Å²) in [7, 11) is 0. The van der Waals surface area contributed by atoms with E-state index in [0.29, 0.717) is 6.42 Å². The number of hydrogen-bond donors (Lipinski definition) is 7. The third-order valence-electron chi connectivity index (χ3n) is 5.38. The van der Waals surface area contributed by atoms with Crippen LogP contribution in [0.1, 0.15) is 59.8 Å². The number of carbonyl (C=O) groups excluding carboxylic acids is 4. The van der Waals surface area contributed by atoms with E-state index in [-0.39, 0.29) is 25.2 Å². The maximum atomic E-state index is 12.9. The van der Waals surface area contributed by atoms with Crippen molar-refractivity contribution in [2.24, 2.45) is 23.3 Å². The standard InChI is InChI=1S/C21H37N5O8/c1-5-11(4)16(23)20(32)25-12(6-8-14(22)27)18(30)24-13(7-9-15(28)29)19(31)26-17(10(2)3)21(33)34/h10-13,16-17H,5-9,23H2,1-4H3,(H2,22,27)(H,24,30)(H,25,32)(H,26,31)(H,28,29)(H,33,34). The first-order valence-corrected chi connectivity index (χ1v) is 11.1. The van der Waals surface area contributed by atoms with Crippen LogP contribution in [0.3, 0.4) is 0 Å². The second kappa shape index (κ2) is 14.8. The van der Waals surface area contributed by atoms with Crippen LogP contribution < -0.4 is 27.4 Å². The third-order valence-corrected chi connectivity index (χ3v) is 5.38. The molecule has 0 aliphatic carbocycles. The van der Waals surface area contributed by atoms with Crippen LogP contribution in [0.2, 0.25) is 0 Å². The van der Waals surface area contributed by atoms with Gasteiger partial charge < -0.3 is 37.6 Å². The molecule has 5 atom stereocenters. The fourth-order valence-corrected chi connectivity index (χ4v) is 2.91. The van der Waals surface area contributed by atoms with Crippen LogP contribution in [0.4, 0.5) is 0 Å². The largest absolute Gasteiger partial charge is 0.481 e. The average Bonchev–Trinajstić information content (AvgIpc) is 2.75. The van der Waals surface area contributed by atoms with Crippen molar-refractivity contribution >= 4 is 35.6 Å². The summed E-state index contributed by atoms with van der Waals surface area (Å²) in [6.07, 6.45) is -0.658. The molecule has 0 saturated heterocycles. The minimum atomic E-state index is -1.40. The summed E-state index contributed by atoms with van der Waals surface area (Å²) in [5.74, 6) is -6.34. The van der Waals surface area contributed by atoms with Gasteiger partial charge in [0.1, 0.15) is 18.1 Å². The predicted octanol–water partition coefficient (Wildman–Crippen LogP) is -1.31. The van der Waals surface area contributed by atoms with Gasteiger partial charge in [-0.25, -0.2) is 4.79 Å². The molecule has 13 nitrogen and oxygen atoms in total. The van der Waals surface area contributed by atoms with Crippen LogP contribution in [0, 0.1) is 11.8 Å². The Labute approximate surface area is 198 Å². The third kappa shape index (κ3) is 11.1. The number of primary amides is 1. The summed E-state index contributed by atoms with van der Waals surface area (Å²) in [5, 5.41) is 25.4. The van der Waals surface area contributed by atoms with Crippen LogP contribution in [0.25, 0.3) is 0 Å². The number of carboxylic acid groups (broad SMARTS) is 2. The van der Waals surface area contributed by atoms with E-state index in [2.05, 4.69) is 16.0 Å². The molecule has 0 bridgehead atoms. The molecular weight excluding hydrogens is 450 g/mol. The SMILES string of the molecule is CCC(C)C(N)C(=O)NC(CCC(N)=O)C(=O)NC(CCC(=O)O)C(=O)NC(C(=O)O)C(C)C. The van der Waals surface area contributed by atoms with Gasteiger partial charge in [-0.05, 0) is 24.7 Å². The molecule has 13 heteroatoms. The Kier molecular flexibility index (Phi) is 13.4. The van der Waals surface area contributed by atoms with Crippen molar-refractivity contribution in [1.29, 1.82) is 0 Å². The maximum absolute atomic E-state index is 12.9. The Morgan fingerprint density at radius 2 is 1.26 bits per heavy atom. The average molecular weight is 488 g/mol. The van der Waals surface area contributed by atoms with Crippen LogP contribution in [0.5, 0.6) is 0 Å². The summed E-state index contributed by atoms with van der Waals surface area (Å²) in [4.78, 5) is 71.7. The van der Waals surface area contributed by atoms with Gasteiger partial charge in [-0.3, -0.25) is 24.0 Å². The molecule has 5 unspecified atom stereocenters. The van der Waals surface area contributed by atoms with Gasteiger partial charge in [0.2, 0.25) is 23.6 Å². The van der Waals surface area contributed by atoms with E-state index in [9.17, 15) is 33.9 Å². The Bertz CT molecular complexity index is 757. The lowest BCUT2D eigenvalue weighted by atomic mass is 9.98. The first kappa shape index (κ1) is 30.8. The molecule has 0 aliphatic heterocycles. The first-order valence-electron chi connectivity index (χ1n) is 11.1. The molecule has 9 N–H and O–H groups in total. The fraction of sp³-hybridized carbons (Fsp3) is 0.714. The van der Waals surface area contributed by atoms with Gasteiger partial charge in [-0.15, -0.1) is 0 Å². The monoisotopic (exact) mass is 487 g/mol. The van der Waals surface area contributed by atoms with E-state index in [4.69, 9.17) is 16.6 Å². The van der Waals surface area contributed by atoms with E-state index < -0.39 is 72.1 Å². The number of carbonyl (C=O) groups is 6. The zero-order valence-electron chi connectivity index (χ0n) is 20.0. The highest BCUT2D eigenvalue weighted by molar-refractivity contribution is 5.94. The van der Waals surface area contributed by atoms with Gasteiger partial charge in [0, 0.05) is 12.8 Å². The van der Waals surface area contributed by atoms with E-state index >= 15 is 0 Å². The van der Waals surface area contributed by atoms with Crippen molar-refractivity contribution in [1.82, 2.24) is 16.0 Å². The summed E-state index contributed by atoms with van der Waals surface area (Å²) < 4.78 is 0.